The highest BCUT2D eigenvalue weighted by molar-refractivity contribution is 7.22. The summed E-state index contributed by atoms with van der Waals surface area (Å²) >= 11 is 7.45. The largest absolute Gasteiger partial charge is 0.457 e. The number of halogens is 1. The molecule has 0 spiro atoms. The number of pyridine rings is 1. The van der Waals surface area contributed by atoms with E-state index < -0.39 is 6.10 Å². The van der Waals surface area contributed by atoms with Gasteiger partial charge in [-0.25, -0.2) is 9.97 Å². The molecule has 0 bridgehead atoms. The molecule has 1 aliphatic carbocycles. The molecule has 2 N–H and O–H groups in total. The van der Waals surface area contributed by atoms with Gasteiger partial charge in [-0.05, 0) is 29.3 Å². The van der Waals surface area contributed by atoms with Gasteiger partial charge < -0.3 is 15.2 Å². The van der Waals surface area contributed by atoms with Gasteiger partial charge >= 0.3 is 0 Å². The molecule has 5 nitrogen and oxygen atoms in total. The summed E-state index contributed by atoms with van der Waals surface area (Å²) in [5.41, 5.74) is 3.20. The van der Waals surface area contributed by atoms with E-state index in [1.165, 1.54) is 16.9 Å². The number of hydrogen-bond acceptors (Lipinski definition) is 6. The van der Waals surface area contributed by atoms with Gasteiger partial charge in [-0.15, -0.1) is 0 Å². The summed E-state index contributed by atoms with van der Waals surface area (Å²) in [4.78, 5) is 8.61. The maximum absolute atomic E-state index is 10.5. The number of anilines is 1. The summed E-state index contributed by atoms with van der Waals surface area (Å²) in [5.74, 6) is 1.34. The molecule has 5 rings (SSSR count). The van der Waals surface area contributed by atoms with Gasteiger partial charge in [0.2, 0.25) is 0 Å². The monoisotopic (exact) mass is 409 g/mol. The first-order valence-corrected chi connectivity index (χ1v) is 10.1. The van der Waals surface area contributed by atoms with Crippen LogP contribution in [0.4, 0.5) is 5.13 Å². The highest BCUT2D eigenvalue weighted by Gasteiger charge is 2.31. The van der Waals surface area contributed by atoms with Crippen LogP contribution in [0.5, 0.6) is 11.5 Å². The molecule has 0 amide bonds. The van der Waals surface area contributed by atoms with E-state index in [1.807, 2.05) is 30.3 Å². The summed E-state index contributed by atoms with van der Waals surface area (Å²) < 4.78 is 6.87. The number of fused-ring (bicyclic) bond motifs is 2. The number of thiazole rings is 1. The third-order valence-electron chi connectivity index (χ3n) is 4.78. The number of aliphatic hydroxyl groups excluding tert-OH is 1. The molecule has 140 valence electrons. The smallest absolute Gasteiger partial charge is 0.184 e. The average molecular weight is 410 g/mol. The fourth-order valence-electron chi connectivity index (χ4n) is 3.50. The zero-order valence-electron chi connectivity index (χ0n) is 14.7. The maximum atomic E-state index is 10.5. The first kappa shape index (κ1) is 17.4. The van der Waals surface area contributed by atoms with Gasteiger partial charge in [0.1, 0.15) is 16.7 Å². The van der Waals surface area contributed by atoms with Gasteiger partial charge in [-0.1, -0.05) is 47.2 Å². The third kappa shape index (κ3) is 3.30. The van der Waals surface area contributed by atoms with E-state index in [2.05, 4.69) is 27.4 Å². The lowest BCUT2D eigenvalue weighted by Crippen LogP contribution is -2.20. The molecule has 2 aromatic carbocycles. The molecule has 0 aliphatic heterocycles. The Morgan fingerprint density at radius 1 is 1.11 bits per heavy atom. The highest BCUT2D eigenvalue weighted by Crippen LogP contribution is 2.37. The number of aliphatic hydroxyl groups is 1. The minimum atomic E-state index is -0.459. The third-order valence-corrected chi connectivity index (χ3v) is 5.93. The van der Waals surface area contributed by atoms with Gasteiger partial charge in [-0.3, -0.25) is 0 Å². The van der Waals surface area contributed by atoms with E-state index in [0.717, 1.165) is 20.9 Å². The maximum Gasteiger partial charge on any atom is 0.184 e. The summed E-state index contributed by atoms with van der Waals surface area (Å²) in [6.07, 6.45) is 1.81. The molecule has 0 saturated heterocycles. The van der Waals surface area contributed by atoms with Crippen LogP contribution in [0.15, 0.2) is 60.8 Å². The van der Waals surface area contributed by atoms with E-state index in [9.17, 15) is 5.11 Å². The predicted octanol–water partition coefficient (Wildman–Crippen LogP) is 5.21. The van der Waals surface area contributed by atoms with Gasteiger partial charge in [0, 0.05) is 24.8 Å². The van der Waals surface area contributed by atoms with Crippen molar-refractivity contribution in [2.24, 2.45) is 0 Å². The minimum absolute atomic E-state index is 0.147. The first-order valence-electron chi connectivity index (χ1n) is 8.88. The van der Waals surface area contributed by atoms with Crippen LogP contribution in [0.25, 0.3) is 10.2 Å². The van der Waals surface area contributed by atoms with Crippen molar-refractivity contribution in [3.8, 4) is 11.5 Å². The number of rotatable bonds is 4. The van der Waals surface area contributed by atoms with Crippen LogP contribution in [0, 0.1) is 0 Å². The van der Waals surface area contributed by atoms with Gasteiger partial charge in [0.05, 0.1) is 22.4 Å². The second-order valence-electron chi connectivity index (χ2n) is 6.66. The summed E-state index contributed by atoms with van der Waals surface area (Å²) in [5, 5.41) is 15.0. The van der Waals surface area contributed by atoms with Crippen molar-refractivity contribution in [1.82, 2.24) is 9.97 Å². The van der Waals surface area contributed by atoms with Gasteiger partial charge in [-0.2, -0.15) is 0 Å². The zero-order chi connectivity index (χ0) is 19.1. The second kappa shape index (κ2) is 7.05. The van der Waals surface area contributed by atoms with Crippen LogP contribution >= 0.6 is 22.9 Å². The van der Waals surface area contributed by atoms with Gasteiger partial charge in [0.15, 0.2) is 5.13 Å². The normalized spacial score (nSPS) is 18.2. The molecular formula is C21H16ClN3O2S. The van der Waals surface area contributed by atoms with Crippen LogP contribution in [-0.4, -0.2) is 21.2 Å². The van der Waals surface area contributed by atoms with Crippen LogP contribution in [-0.2, 0) is 6.42 Å². The Hall–Kier alpha value is -2.67. The topological polar surface area (TPSA) is 67.3 Å². The van der Waals surface area contributed by atoms with E-state index >= 15 is 0 Å². The standard InChI is InChI=1S/C21H16ClN3O2S/c22-19-11-14(7-8-23-19)27-13-5-6-16-18(10-13)28-21(24-16)25-20-15-4-2-1-3-12(15)9-17(20)26/h1-8,10-11,17,20,26H,9H2,(H,24,25)/t17-,20+/m0/s1. The van der Waals surface area contributed by atoms with Crippen molar-refractivity contribution in [2.45, 2.75) is 18.6 Å². The van der Waals surface area contributed by atoms with Crippen LogP contribution in [0.1, 0.15) is 17.2 Å². The van der Waals surface area contributed by atoms with Crippen LogP contribution in [0.2, 0.25) is 5.15 Å². The lowest BCUT2D eigenvalue weighted by Gasteiger charge is -2.16. The molecule has 4 aromatic rings. The highest BCUT2D eigenvalue weighted by atomic mass is 35.5. The predicted molar refractivity (Wildman–Crippen MR) is 111 cm³/mol. The average Bonchev–Trinajstić information content (AvgIpc) is 3.22. The second-order valence-corrected chi connectivity index (χ2v) is 8.08. The Bertz CT molecular complexity index is 1160. The molecule has 2 atom stereocenters. The van der Waals surface area contributed by atoms with Crippen molar-refractivity contribution >= 4 is 38.3 Å². The molecule has 1 aliphatic rings. The van der Waals surface area contributed by atoms with E-state index in [1.54, 1.807) is 18.3 Å². The molecule has 2 aromatic heterocycles. The summed E-state index contributed by atoms with van der Waals surface area (Å²) in [7, 11) is 0. The fraction of sp³-hybridized carbons (Fsp3) is 0.143. The molecule has 28 heavy (non-hydrogen) atoms. The van der Waals surface area contributed by atoms with Crippen LogP contribution in [0.3, 0.4) is 0 Å². The number of nitrogens with zero attached hydrogens (tertiary/aromatic N) is 2. The number of aromatic nitrogens is 2. The quantitative estimate of drug-likeness (QED) is 0.453. The Kier molecular flexibility index (Phi) is 4.39. The molecule has 7 heteroatoms. The zero-order valence-corrected chi connectivity index (χ0v) is 16.2. The molecule has 0 fully saturated rings. The van der Waals surface area contributed by atoms with Crippen molar-refractivity contribution in [3.63, 3.8) is 0 Å². The molecule has 0 saturated carbocycles. The van der Waals surface area contributed by atoms with Gasteiger partial charge in [0.25, 0.3) is 0 Å². The minimum Gasteiger partial charge on any atom is -0.457 e. The van der Waals surface area contributed by atoms with Crippen LogP contribution < -0.4 is 10.1 Å². The lowest BCUT2D eigenvalue weighted by atomic mass is 10.1. The molecular weight excluding hydrogens is 394 g/mol. The SMILES string of the molecule is O[C@H]1Cc2ccccc2[C@H]1Nc1nc2ccc(Oc3ccnc(Cl)c3)cc2s1. The van der Waals surface area contributed by atoms with Crippen molar-refractivity contribution in [3.05, 3.63) is 77.1 Å². The number of ether oxygens (including phenoxy) is 1. The Balaban J connectivity index is 1.40. The molecule has 0 radical (unpaired) electrons. The lowest BCUT2D eigenvalue weighted by molar-refractivity contribution is 0.166. The van der Waals surface area contributed by atoms with E-state index in [4.69, 9.17) is 16.3 Å². The summed E-state index contributed by atoms with van der Waals surface area (Å²) in [6, 6.07) is 17.2. The fourth-order valence-corrected chi connectivity index (χ4v) is 4.59. The Morgan fingerprint density at radius 2 is 1.96 bits per heavy atom. The molecule has 2 heterocycles. The van der Waals surface area contributed by atoms with E-state index in [-0.39, 0.29) is 6.04 Å². The number of hydrogen-bond donors (Lipinski definition) is 2. The Labute approximate surface area is 170 Å². The number of nitrogens with one attached hydrogen (secondary N) is 1. The van der Waals surface area contributed by atoms with E-state index in [0.29, 0.717) is 23.1 Å². The van der Waals surface area contributed by atoms with Crippen molar-refractivity contribution in [2.75, 3.05) is 5.32 Å². The van der Waals surface area contributed by atoms with Crippen molar-refractivity contribution < 1.29 is 9.84 Å². The summed E-state index contributed by atoms with van der Waals surface area (Å²) in [6.45, 7) is 0. The Morgan fingerprint density at radius 3 is 2.86 bits per heavy atom. The van der Waals surface area contributed by atoms with Crippen molar-refractivity contribution in [1.29, 1.82) is 0 Å². The number of benzene rings is 2. The molecule has 0 unspecified atom stereocenters. The first-order chi connectivity index (χ1) is 13.7.